The summed E-state index contributed by atoms with van der Waals surface area (Å²) in [4.78, 5) is 19.0. The van der Waals surface area contributed by atoms with Gasteiger partial charge in [0.05, 0.1) is 6.10 Å². The van der Waals surface area contributed by atoms with Gasteiger partial charge in [-0.3, -0.25) is 4.79 Å². The predicted octanol–water partition coefficient (Wildman–Crippen LogP) is 0.400. The van der Waals surface area contributed by atoms with E-state index in [2.05, 4.69) is 15.3 Å². The van der Waals surface area contributed by atoms with Crippen LogP contribution in [0.15, 0.2) is 12.4 Å². The molecule has 0 radical (unpaired) electrons. The van der Waals surface area contributed by atoms with Crippen molar-refractivity contribution in [3.8, 4) is 0 Å². The first-order chi connectivity index (χ1) is 8.66. The highest BCUT2D eigenvalue weighted by atomic mass is 35.5. The highest BCUT2D eigenvalue weighted by Gasteiger charge is 2.30. The Morgan fingerprint density at radius 3 is 2.85 bits per heavy atom. The third kappa shape index (κ3) is 5.28. The first-order valence-electron chi connectivity index (χ1n) is 6.36. The number of nitrogens with one attached hydrogen (secondary N) is 2. The van der Waals surface area contributed by atoms with E-state index in [9.17, 15) is 9.90 Å². The summed E-state index contributed by atoms with van der Waals surface area (Å²) in [6.45, 7) is 0.561. The smallest absolute Gasteiger partial charge is 0.223 e. The fraction of sp³-hybridized carbons (Fsp3) is 0.667. The Bertz CT molecular complexity index is 389. The topological polar surface area (TPSA) is 104 Å². The van der Waals surface area contributed by atoms with Gasteiger partial charge in [-0.15, -0.1) is 24.8 Å². The summed E-state index contributed by atoms with van der Waals surface area (Å²) in [6, 6.07) is -0.183. The molecule has 1 aliphatic rings. The molecule has 0 spiro atoms. The number of amides is 1. The number of imidazole rings is 1. The average Bonchev–Trinajstić information content (AvgIpc) is 2.85. The van der Waals surface area contributed by atoms with Crippen LogP contribution in [-0.4, -0.2) is 39.7 Å². The van der Waals surface area contributed by atoms with Crippen molar-refractivity contribution >= 4 is 30.7 Å². The first-order valence-corrected chi connectivity index (χ1v) is 6.36. The maximum Gasteiger partial charge on any atom is 0.223 e. The minimum atomic E-state index is -0.556. The lowest BCUT2D eigenvalue weighted by Gasteiger charge is -2.29. The largest absolute Gasteiger partial charge is 0.391 e. The van der Waals surface area contributed by atoms with E-state index in [1.54, 1.807) is 12.4 Å². The zero-order chi connectivity index (χ0) is 13.0. The SMILES string of the molecule is Cl.Cl.N[C@H]1CC[C@H](C(=O)NCCc2ncc[nH]2)C[C@@H]1O. The highest BCUT2D eigenvalue weighted by molar-refractivity contribution is 5.85. The molecule has 0 aromatic carbocycles. The molecule has 1 fully saturated rings. The van der Waals surface area contributed by atoms with E-state index in [1.807, 2.05) is 0 Å². The maximum absolute atomic E-state index is 11.9. The fourth-order valence-corrected chi connectivity index (χ4v) is 2.29. The van der Waals surface area contributed by atoms with E-state index in [0.717, 1.165) is 12.2 Å². The number of carbonyl (C=O) groups excluding carboxylic acids is 1. The number of carbonyl (C=O) groups is 1. The van der Waals surface area contributed by atoms with E-state index >= 15 is 0 Å². The van der Waals surface area contributed by atoms with Crippen LogP contribution in [0.1, 0.15) is 25.1 Å². The summed E-state index contributed by atoms with van der Waals surface area (Å²) in [5, 5.41) is 12.5. The van der Waals surface area contributed by atoms with Gasteiger partial charge in [-0.05, 0) is 19.3 Å². The molecule has 1 amide bonds. The normalized spacial score (nSPS) is 25.2. The van der Waals surface area contributed by atoms with Crippen molar-refractivity contribution < 1.29 is 9.90 Å². The maximum atomic E-state index is 11.9. The van der Waals surface area contributed by atoms with Crippen LogP contribution in [0.3, 0.4) is 0 Å². The van der Waals surface area contributed by atoms with Crippen LogP contribution in [-0.2, 0) is 11.2 Å². The second kappa shape index (κ2) is 9.18. The van der Waals surface area contributed by atoms with Crippen LogP contribution < -0.4 is 11.1 Å². The van der Waals surface area contributed by atoms with Crippen molar-refractivity contribution in [2.75, 3.05) is 6.54 Å². The van der Waals surface area contributed by atoms with Gasteiger partial charge in [0.25, 0.3) is 0 Å². The Hall–Kier alpha value is -0.820. The van der Waals surface area contributed by atoms with Gasteiger partial charge >= 0.3 is 0 Å². The number of aliphatic hydroxyl groups is 1. The Morgan fingerprint density at radius 1 is 1.50 bits per heavy atom. The molecule has 3 atom stereocenters. The molecule has 20 heavy (non-hydrogen) atoms. The number of aromatic amines is 1. The number of rotatable bonds is 4. The van der Waals surface area contributed by atoms with Gasteiger partial charge in [0.15, 0.2) is 0 Å². The van der Waals surface area contributed by atoms with Gasteiger partial charge < -0.3 is 21.1 Å². The van der Waals surface area contributed by atoms with Crippen molar-refractivity contribution in [2.45, 2.75) is 37.8 Å². The molecule has 1 aromatic rings. The molecule has 1 heterocycles. The van der Waals surface area contributed by atoms with E-state index < -0.39 is 6.10 Å². The Morgan fingerprint density at radius 2 is 2.25 bits per heavy atom. The Balaban J connectivity index is 0.00000180. The lowest BCUT2D eigenvalue weighted by atomic mass is 9.84. The number of aromatic nitrogens is 2. The number of halogens is 2. The van der Waals surface area contributed by atoms with Gasteiger partial charge in [0, 0.05) is 37.3 Å². The molecular weight excluding hydrogens is 303 g/mol. The second-order valence-electron chi connectivity index (χ2n) is 4.82. The minimum Gasteiger partial charge on any atom is -0.391 e. The molecule has 1 aliphatic carbocycles. The molecule has 2 rings (SSSR count). The van der Waals surface area contributed by atoms with Crippen molar-refractivity contribution in [1.29, 1.82) is 0 Å². The zero-order valence-electron chi connectivity index (χ0n) is 11.1. The Kier molecular flexibility index (Phi) is 8.80. The summed E-state index contributed by atoms with van der Waals surface area (Å²) in [7, 11) is 0. The molecule has 1 aromatic heterocycles. The molecule has 0 aliphatic heterocycles. The lowest BCUT2D eigenvalue weighted by Crippen LogP contribution is -2.44. The van der Waals surface area contributed by atoms with Crippen LogP contribution in [0.25, 0.3) is 0 Å². The van der Waals surface area contributed by atoms with Gasteiger partial charge in [-0.1, -0.05) is 0 Å². The van der Waals surface area contributed by atoms with Crippen molar-refractivity contribution in [2.24, 2.45) is 11.7 Å². The monoisotopic (exact) mass is 324 g/mol. The molecule has 6 nitrogen and oxygen atoms in total. The Labute approximate surface area is 130 Å². The van der Waals surface area contributed by atoms with E-state index in [4.69, 9.17) is 5.73 Å². The van der Waals surface area contributed by atoms with Crippen LogP contribution in [0.2, 0.25) is 0 Å². The number of H-pyrrole nitrogens is 1. The molecule has 116 valence electrons. The summed E-state index contributed by atoms with van der Waals surface area (Å²) in [5.74, 6) is 0.755. The third-order valence-corrected chi connectivity index (χ3v) is 3.46. The molecule has 8 heteroatoms. The third-order valence-electron chi connectivity index (χ3n) is 3.46. The standard InChI is InChI=1S/C12H20N4O2.2ClH/c13-9-2-1-8(7-10(9)17)12(18)16-4-3-11-14-5-6-15-11;;/h5-6,8-10,17H,1-4,7,13H2,(H,14,15)(H,16,18);2*1H/t8-,9-,10-;;/m0../s1. The van der Waals surface area contributed by atoms with Crippen LogP contribution in [0, 0.1) is 5.92 Å². The molecular formula is C12H22Cl2N4O2. The number of nitrogens with zero attached hydrogens (tertiary/aromatic N) is 1. The number of hydrogen-bond donors (Lipinski definition) is 4. The van der Waals surface area contributed by atoms with Crippen molar-refractivity contribution in [3.05, 3.63) is 18.2 Å². The number of hydrogen-bond acceptors (Lipinski definition) is 4. The zero-order valence-corrected chi connectivity index (χ0v) is 12.8. The molecule has 0 unspecified atom stereocenters. The van der Waals surface area contributed by atoms with E-state index in [0.29, 0.717) is 25.8 Å². The summed E-state index contributed by atoms with van der Waals surface area (Å²) < 4.78 is 0. The molecule has 0 saturated heterocycles. The molecule has 1 saturated carbocycles. The summed E-state index contributed by atoms with van der Waals surface area (Å²) in [5.41, 5.74) is 5.71. The van der Waals surface area contributed by atoms with Gasteiger partial charge in [-0.2, -0.15) is 0 Å². The van der Waals surface area contributed by atoms with Crippen molar-refractivity contribution in [1.82, 2.24) is 15.3 Å². The van der Waals surface area contributed by atoms with Crippen LogP contribution in [0.5, 0.6) is 0 Å². The lowest BCUT2D eigenvalue weighted by molar-refractivity contribution is -0.127. The van der Waals surface area contributed by atoms with Crippen LogP contribution >= 0.6 is 24.8 Å². The van der Waals surface area contributed by atoms with E-state index in [1.165, 1.54) is 0 Å². The summed E-state index contributed by atoms with van der Waals surface area (Å²) in [6.07, 6.45) is 5.51. The molecule has 5 N–H and O–H groups in total. The molecule has 0 bridgehead atoms. The number of nitrogens with two attached hydrogens (primary N) is 1. The first kappa shape index (κ1) is 19.2. The van der Waals surface area contributed by atoms with Gasteiger partial charge in [0.1, 0.15) is 5.82 Å². The van der Waals surface area contributed by atoms with Crippen LogP contribution in [0.4, 0.5) is 0 Å². The highest BCUT2D eigenvalue weighted by Crippen LogP contribution is 2.23. The average molecular weight is 325 g/mol. The quantitative estimate of drug-likeness (QED) is 0.643. The van der Waals surface area contributed by atoms with Gasteiger partial charge in [0.2, 0.25) is 5.91 Å². The van der Waals surface area contributed by atoms with Crippen molar-refractivity contribution in [3.63, 3.8) is 0 Å². The number of aliphatic hydroxyl groups excluding tert-OH is 1. The van der Waals surface area contributed by atoms with E-state index in [-0.39, 0.29) is 42.7 Å². The minimum absolute atomic E-state index is 0. The predicted molar refractivity (Wildman–Crippen MR) is 81.1 cm³/mol. The summed E-state index contributed by atoms with van der Waals surface area (Å²) >= 11 is 0. The fourth-order valence-electron chi connectivity index (χ4n) is 2.29. The second-order valence-corrected chi connectivity index (χ2v) is 4.82. The van der Waals surface area contributed by atoms with Gasteiger partial charge in [-0.25, -0.2) is 4.98 Å².